The van der Waals surface area contributed by atoms with Crippen LogP contribution in [0.2, 0.25) is 0 Å². The molecule has 0 heterocycles. The molecule has 2 N–H and O–H groups in total. The Morgan fingerprint density at radius 2 is 1.73 bits per heavy atom. The maximum Gasteiger partial charge on any atom is 0.335 e. The van der Waals surface area contributed by atoms with Gasteiger partial charge in [-0.1, -0.05) is 12.1 Å². The molecule has 0 radical (unpaired) electrons. The number of aryl methyl sites for hydroxylation is 1. The Morgan fingerprint density at radius 3 is 2.35 bits per heavy atom. The smallest absolute Gasteiger partial charge is 0.335 e. The minimum Gasteiger partial charge on any atom is -0.497 e. The van der Waals surface area contributed by atoms with Gasteiger partial charge in [0.15, 0.2) is 0 Å². The van der Waals surface area contributed by atoms with E-state index in [9.17, 15) is 9.59 Å². The van der Waals surface area contributed by atoms with Crippen molar-refractivity contribution in [1.29, 1.82) is 0 Å². The molecule has 0 unspecified atom stereocenters. The summed E-state index contributed by atoms with van der Waals surface area (Å²) >= 11 is 0. The van der Waals surface area contributed by atoms with Gasteiger partial charge >= 0.3 is 5.97 Å². The van der Waals surface area contributed by atoms with Crippen molar-refractivity contribution in [2.75, 3.05) is 20.8 Å². The van der Waals surface area contributed by atoms with E-state index >= 15 is 0 Å². The molecule has 2 aromatic carbocycles. The molecular formula is C20H23NO5. The summed E-state index contributed by atoms with van der Waals surface area (Å²) in [7, 11) is 3.22. The van der Waals surface area contributed by atoms with Gasteiger partial charge in [0.1, 0.15) is 11.5 Å². The topological polar surface area (TPSA) is 84.9 Å². The van der Waals surface area contributed by atoms with Crippen LogP contribution < -0.4 is 14.8 Å². The lowest BCUT2D eigenvalue weighted by Gasteiger charge is -2.11. The Morgan fingerprint density at radius 1 is 1.00 bits per heavy atom. The minimum absolute atomic E-state index is 0.0471. The summed E-state index contributed by atoms with van der Waals surface area (Å²) in [6.07, 6.45) is 1.55. The van der Waals surface area contributed by atoms with Crippen LogP contribution in [0.15, 0.2) is 42.5 Å². The number of carboxylic acid groups (broad SMARTS) is 1. The standard InChI is InChI=1S/C20H23NO5/c1-25-17-8-9-18(26-2)16(13-17)11-12-21-19(22)10-5-14-3-6-15(7-4-14)20(23)24/h3-4,6-9,13H,5,10-12H2,1-2H3,(H,21,22)(H,23,24). The van der Waals surface area contributed by atoms with Gasteiger partial charge in [0.05, 0.1) is 19.8 Å². The van der Waals surface area contributed by atoms with Crippen molar-refractivity contribution >= 4 is 11.9 Å². The van der Waals surface area contributed by atoms with Crippen molar-refractivity contribution in [3.63, 3.8) is 0 Å². The molecule has 0 aromatic heterocycles. The number of carbonyl (C=O) groups is 2. The van der Waals surface area contributed by atoms with Gasteiger partial charge in [0.2, 0.25) is 5.91 Å². The first-order chi connectivity index (χ1) is 12.5. The Bertz CT molecular complexity index is 755. The fourth-order valence-electron chi connectivity index (χ4n) is 2.57. The van der Waals surface area contributed by atoms with Gasteiger partial charge in [-0.05, 0) is 54.3 Å². The summed E-state index contributed by atoms with van der Waals surface area (Å²) in [4.78, 5) is 22.8. The van der Waals surface area contributed by atoms with E-state index in [1.807, 2.05) is 18.2 Å². The highest BCUT2D eigenvalue weighted by Gasteiger charge is 2.07. The number of aromatic carboxylic acids is 1. The molecule has 26 heavy (non-hydrogen) atoms. The number of hydrogen-bond donors (Lipinski definition) is 2. The summed E-state index contributed by atoms with van der Waals surface area (Å²) in [5.41, 5.74) is 2.14. The van der Waals surface area contributed by atoms with E-state index in [1.54, 1.807) is 38.5 Å². The van der Waals surface area contributed by atoms with Gasteiger partial charge in [-0.15, -0.1) is 0 Å². The van der Waals surface area contributed by atoms with Gasteiger partial charge in [-0.25, -0.2) is 4.79 Å². The number of benzene rings is 2. The summed E-state index contributed by atoms with van der Waals surface area (Å²) in [6, 6.07) is 12.1. The first kappa shape index (κ1) is 19.3. The lowest BCUT2D eigenvalue weighted by atomic mass is 10.1. The maximum absolute atomic E-state index is 12.0. The molecule has 0 fully saturated rings. The van der Waals surface area contributed by atoms with Crippen molar-refractivity contribution < 1.29 is 24.2 Å². The van der Waals surface area contributed by atoms with Gasteiger partial charge in [0, 0.05) is 13.0 Å². The Hall–Kier alpha value is -3.02. The lowest BCUT2D eigenvalue weighted by molar-refractivity contribution is -0.121. The zero-order chi connectivity index (χ0) is 18.9. The highest BCUT2D eigenvalue weighted by Crippen LogP contribution is 2.24. The molecule has 0 aliphatic heterocycles. The molecule has 2 aromatic rings. The second kappa shape index (κ2) is 9.46. The molecule has 138 valence electrons. The van der Waals surface area contributed by atoms with Gasteiger partial charge in [-0.3, -0.25) is 4.79 Å². The molecule has 1 amide bonds. The number of nitrogens with one attached hydrogen (secondary N) is 1. The van der Waals surface area contributed by atoms with Crippen LogP contribution in [0.1, 0.15) is 27.9 Å². The number of ether oxygens (including phenoxy) is 2. The second-order valence-corrected chi connectivity index (χ2v) is 5.78. The van der Waals surface area contributed by atoms with E-state index in [4.69, 9.17) is 14.6 Å². The van der Waals surface area contributed by atoms with Crippen LogP contribution in [-0.4, -0.2) is 37.7 Å². The van der Waals surface area contributed by atoms with E-state index in [-0.39, 0.29) is 11.5 Å². The highest BCUT2D eigenvalue weighted by molar-refractivity contribution is 5.87. The van der Waals surface area contributed by atoms with Crippen molar-refractivity contribution in [2.24, 2.45) is 0 Å². The van der Waals surface area contributed by atoms with Crippen molar-refractivity contribution in [3.8, 4) is 11.5 Å². The molecule has 0 bridgehead atoms. The number of carbonyl (C=O) groups excluding carboxylic acids is 1. The van der Waals surface area contributed by atoms with Crippen LogP contribution >= 0.6 is 0 Å². The number of amides is 1. The van der Waals surface area contributed by atoms with E-state index < -0.39 is 5.97 Å². The van der Waals surface area contributed by atoms with E-state index in [0.717, 1.165) is 22.6 Å². The normalized spacial score (nSPS) is 10.2. The zero-order valence-corrected chi connectivity index (χ0v) is 15.0. The predicted octanol–water partition coefficient (Wildman–Crippen LogP) is 2.69. The van der Waals surface area contributed by atoms with Crippen LogP contribution in [0.4, 0.5) is 0 Å². The molecule has 6 nitrogen and oxygen atoms in total. The Labute approximate surface area is 152 Å². The average molecular weight is 357 g/mol. The average Bonchev–Trinajstić information content (AvgIpc) is 2.66. The SMILES string of the molecule is COc1ccc(OC)c(CCNC(=O)CCc2ccc(C(=O)O)cc2)c1. The number of hydrogen-bond acceptors (Lipinski definition) is 4. The molecule has 0 saturated heterocycles. The summed E-state index contributed by atoms with van der Waals surface area (Å²) < 4.78 is 10.5. The van der Waals surface area contributed by atoms with Crippen molar-refractivity contribution in [2.45, 2.75) is 19.3 Å². The minimum atomic E-state index is -0.956. The third kappa shape index (κ3) is 5.51. The first-order valence-corrected chi connectivity index (χ1v) is 8.33. The van der Waals surface area contributed by atoms with Gasteiger partial charge in [-0.2, -0.15) is 0 Å². The quantitative estimate of drug-likeness (QED) is 0.721. The second-order valence-electron chi connectivity index (χ2n) is 5.78. The van der Waals surface area contributed by atoms with Crippen LogP contribution in [-0.2, 0) is 17.6 Å². The lowest BCUT2D eigenvalue weighted by Crippen LogP contribution is -2.26. The molecule has 0 aliphatic rings. The van der Waals surface area contributed by atoms with Crippen molar-refractivity contribution in [1.82, 2.24) is 5.32 Å². The third-order valence-corrected chi connectivity index (χ3v) is 4.05. The van der Waals surface area contributed by atoms with Gasteiger partial charge in [0.25, 0.3) is 0 Å². The molecule has 6 heteroatoms. The van der Waals surface area contributed by atoms with Crippen LogP contribution in [0.25, 0.3) is 0 Å². The van der Waals surface area contributed by atoms with E-state index in [0.29, 0.717) is 25.8 Å². The van der Waals surface area contributed by atoms with Crippen LogP contribution in [0.5, 0.6) is 11.5 Å². The largest absolute Gasteiger partial charge is 0.497 e. The number of rotatable bonds is 9. The molecule has 2 rings (SSSR count). The van der Waals surface area contributed by atoms with E-state index in [1.165, 1.54) is 0 Å². The molecule has 0 saturated carbocycles. The fourth-order valence-corrected chi connectivity index (χ4v) is 2.57. The monoisotopic (exact) mass is 357 g/mol. The highest BCUT2D eigenvalue weighted by atomic mass is 16.5. The Balaban J connectivity index is 1.79. The first-order valence-electron chi connectivity index (χ1n) is 8.33. The number of methoxy groups -OCH3 is 2. The molecule has 0 aliphatic carbocycles. The van der Waals surface area contributed by atoms with E-state index in [2.05, 4.69) is 5.32 Å². The number of carboxylic acids is 1. The summed E-state index contributed by atoms with van der Waals surface area (Å²) in [5.74, 6) is 0.506. The Kier molecular flexibility index (Phi) is 7.02. The van der Waals surface area contributed by atoms with Gasteiger partial charge < -0.3 is 19.9 Å². The predicted molar refractivity (Wildman–Crippen MR) is 98.0 cm³/mol. The van der Waals surface area contributed by atoms with Crippen LogP contribution in [0.3, 0.4) is 0 Å². The third-order valence-electron chi connectivity index (χ3n) is 4.05. The molecule has 0 atom stereocenters. The fraction of sp³-hybridized carbons (Fsp3) is 0.300. The van der Waals surface area contributed by atoms with Crippen molar-refractivity contribution in [3.05, 3.63) is 59.2 Å². The molecule has 0 spiro atoms. The maximum atomic E-state index is 12.0. The summed E-state index contributed by atoms with van der Waals surface area (Å²) in [6.45, 7) is 0.500. The zero-order valence-electron chi connectivity index (χ0n) is 15.0. The van der Waals surface area contributed by atoms with Crippen LogP contribution in [0, 0.1) is 0 Å². The summed E-state index contributed by atoms with van der Waals surface area (Å²) in [5, 5.41) is 11.8. The molecular weight excluding hydrogens is 334 g/mol.